The van der Waals surface area contributed by atoms with Crippen LogP contribution in [0.4, 0.5) is 5.69 Å². The zero-order chi connectivity index (χ0) is 40.8. The number of anilines is 1. The lowest BCUT2D eigenvalue weighted by molar-refractivity contribution is 0.0107. The predicted molar refractivity (Wildman–Crippen MR) is 241 cm³/mol. The molecule has 1 heterocycles. The lowest BCUT2D eigenvalue weighted by Crippen LogP contribution is -2.32. The third-order valence-corrected chi connectivity index (χ3v) is 11.4. The van der Waals surface area contributed by atoms with Gasteiger partial charge >= 0.3 is 0 Å². The monoisotopic (exact) mass is 782 g/mol. The third kappa shape index (κ3) is 14.3. The number of aliphatic hydroxyl groups excluding tert-OH is 1. The maximum absolute atomic E-state index is 11.6. The van der Waals surface area contributed by atoms with Crippen LogP contribution in [-0.4, -0.2) is 48.3 Å². The number of amidine groups is 1. The number of ether oxygens (including phenoxy) is 2. The Kier molecular flexibility index (Phi) is 20.7. The number of hydrogen-bond acceptors (Lipinski definition) is 7. The van der Waals surface area contributed by atoms with E-state index in [4.69, 9.17) is 19.5 Å². The van der Waals surface area contributed by atoms with E-state index in [0.717, 1.165) is 74.6 Å². The molecule has 4 rings (SSSR count). The molecule has 0 fully saturated rings. The minimum atomic E-state index is -0.756. The largest absolute Gasteiger partial charge is 0.507 e. The molecule has 314 valence electrons. The van der Waals surface area contributed by atoms with Gasteiger partial charge in [-0.1, -0.05) is 149 Å². The Morgan fingerprint density at radius 3 is 1.91 bits per heavy atom. The van der Waals surface area contributed by atoms with Crippen molar-refractivity contribution >= 4 is 17.9 Å². The zero-order valence-electron chi connectivity index (χ0n) is 36.5. The second-order valence-corrected chi connectivity index (χ2v) is 15.9. The number of benzene rings is 3. The first-order valence-electron chi connectivity index (χ1n) is 22.8. The highest BCUT2D eigenvalue weighted by Gasteiger charge is 2.28. The van der Waals surface area contributed by atoms with Gasteiger partial charge in [-0.25, -0.2) is 9.98 Å². The average molecular weight is 782 g/mol. The number of unbranched alkanes of at least 4 members (excludes halogenated alkanes) is 12. The first kappa shape index (κ1) is 46.0. The van der Waals surface area contributed by atoms with Crippen molar-refractivity contribution in [2.45, 2.75) is 176 Å². The molecular formula is C50H75N3O4. The van der Waals surface area contributed by atoms with E-state index in [1.54, 1.807) is 6.07 Å². The molecule has 7 heteroatoms. The van der Waals surface area contributed by atoms with Crippen molar-refractivity contribution in [3.05, 3.63) is 87.5 Å². The van der Waals surface area contributed by atoms with Gasteiger partial charge in [0, 0.05) is 23.9 Å². The van der Waals surface area contributed by atoms with Crippen LogP contribution in [0.5, 0.6) is 11.5 Å². The van der Waals surface area contributed by atoms with Crippen LogP contribution in [-0.2, 0) is 36.8 Å². The molecule has 3 aromatic carbocycles. The summed E-state index contributed by atoms with van der Waals surface area (Å²) >= 11 is 0. The molecule has 1 aliphatic rings. The minimum absolute atomic E-state index is 0.0655. The van der Waals surface area contributed by atoms with Gasteiger partial charge in [-0.05, 0) is 84.9 Å². The maximum atomic E-state index is 11.6. The molecular weight excluding hydrogens is 707 g/mol. The summed E-state index contributed by atoms with van der Waals surface area (Å²) in [5, 5.41) is 22.4. The lowest BCUT2D eigenvalue weighted by atomic mass is 9.96. The van der Waals surface area contributed by atoms with E-state index in [9.17, 15) is 10.2 Å². The second-order valence-electron chi connectivity index (χ2n) is 15.9. The second kappa shape index (κ2) is 25.6. The smallest absolute Gasteiger partial charge is 0.162 e. The fourth-order valence-electron chi connectivity index (χ4n) is 7.78. The Bertz CT molecular complexity index is 1680. The molecule has 1 aliphatic heterocycles. The molecule has 2 N–H and O–H groups in total. The van der Waals surface area contributed by atoms with Gasteiger partial charge in [0.25, 0.3) is 0 Å². The van der Waals surface area contributed by atoms with Crippen molar-refractivity contribution in [2.75, 3.05) is 24.7 Å². The molecule has 57 heavy (non-hydrogen) atoms. The van der Waals surface area contributed by atoms with Crippen LogP contribution in [0, 0.1) is 0 Å². The van der Waals surface area contributed by atoms with E-state index in [0.29, 0.717) is 23.8 Å². The predicted octanol–water partition coefficient (Wildman–Crippen LogP) is 12.4. The highest BCUT2D eigenvalue weighted by Crippen LogP contribution is 2.38. The Hall–Kier alpha value is -3.68. The van der Waals surface area contributed by atoms with Crippen LogP contribution in [0.3, 0.4) is 0 Å². The molecule has 0 radical (unpaired) electrons. The van der Waals surface area contributed by atoms with Crippen LogP contribution >= 0.6 is 0 Å². The zero-order valence-corrected chi connectivity index (χ0v) is 36.5. The Balaban J connectivity index is 1.50. The molecule has 0 amide bonds. The highest BCUT2D eigenvalue weighted by atomic mass is 16.5. The summed E-state index contributed by atoms with van der Waals surface area (Å²) in [5.41, 5.74) is 8.97. The Labute approximate surface area is 346 Å². The van der Waals surface area contributed by atoms with Gasteiger partial charge in [0.05, 0.1) is 18.5 Å². The summed E-state index contributed by atoms with van der Waals surface area (Å²) in [7, 11) is 0. The van der Waals surface area contributed by atoms with Gasteiger partial charge in [0.1, 0.15) is 24.2 Å². The average Bonchev–Trinajstić information content (AvgIpc) is 3.24. The van der Waals surface area contributed by atoms with Crippen molar-refractivity contribution in [3.63, 3.8) is 0 Å². The lowest BCUT2D eigenvalue weighted by Gasteiger charge is -2.33. The summed E-state index contributed by atoms with van der Waals surface area (Å²) in [4.78, 5) is 12.5. The number of phenolic OH excluding ortho intramolecular Hbond substituents is 1. The van der Waals surface area contributed by atoms with Crippen molar-refractivity contribution in [3.8, 4) is 11.5 Å². The van der Waals surface area contributed by atoms with Gasteiger partial charge in [-0.3, -0.25) is 0 Å². The van der Waals surface area contributed by atoms with E-state index < -0.39 is 6.10 Å². The summed E-state index contributed by atoms with van der Waals surface area (Å²) in [5.74, 6) is 1.16. The van der Waals surface area contributed by atoms with Crippen LogP contribution in [0.15, 0.2) is 58.5 Å². The Morgan fingerprint density at radius 1 is 0.649 bits per heavy atom. The van der Waals surface area contributed by atoms with E-state index in [2.05, 4.69) is 82.8 Å². The maximum Gasteiger partial charge on any atom is 0.162 e. The van der Waals surface area contributed by atoms with Crippen molar-refractivity contribution in [1.82, 2.24) is 0 Å². The van der Waals surface area contributed by atoms with Gasteiger partial charge in [0.15, 0.2) is 12.0 Å². The van der Waals surface area contributed by atoms with E-state index in [1.165, 1.54) is 86.5 Å². The number of hydrogen-bond donors (Lipinski definition) is 2. The first-order valence-corrected chi connectivity index (χ1v) is 22.8. The van der Waals surface area contributed by atoms with Crippen LogP contribution < -0.4 is 9.64 Å². The first-order chi connectivity index (χ1) is 27.9. The molecule has 3 aromatic rings. The highest BCUT2D eigenvalue weighted by molar-refractivity contribution is 6.08. The van der Waals surface area contributed by atoms with Crippen molar-refractivity contribution < 1.29 is 19.7 Å². The SMILES string of the molecule is CCCCCCCCCCCCOCC(O)COc1cc(O)c(C2=NC(c3ccc(CC)cc3CC)N(c3ccc(CC)cc3CC)C=N2)cc1CCCCCC. The molecule has 0 aliphatic carbocycles. The number of rotatable bonds is 28. The van der Waals surface area contributed by atoms with Gasteiger partial charge < -0.3 is 24.6 Å². The molecule has 2 unspecified atom stereocenters. The third-order valence-electron chi connectivity index (χ3n) is 11.4. The van der Waals surface area contributed by atoms with E-state index in [-0.39, 0.29) is 25.1 Å². The number of phenols is 1. The Morgan fingerprint density at radius 2 is 1.26 bits per heavy atom. The molecule has 0 saturated carbocycles. The standard InChI is InChI=1S/C50H75N3O4/c1-7-13-15-17-18-19-20-21-22-24-30-56-35-43(54)36-57-48-34-47(55)45(33-42(48)25-23-16-14-8-2)49-51-37-53(46-29-27-39(10-4)32-41(46)12-6)50(52-49)44-28-26-38(9-3)31-40(44)11-5/h26-29,31-34,37,43,50,54-55H,7-25,30,35-36H2,1-6H3. The quantitative estimate of drug-likeness (QED) is 0.0717. The summed E-state index contributed by atoms with van der Waals surface area (Å²) in [6.07, 6.45) is 22.6. The molecule has 0 bridgehead atoms. The minimum Gasteiger partial charge on any atom is -0.507 e. The number of aryl methyl sites for hydroxylation is 5. The number of nitrogens with zero attached hydrogens (tertiary/aromatic N) is 3. The number of aliphatic hydroxyl groups is 1. The van der Waals surface area contributed by atoms with Gasteiger partial charge in [-0.2, -0.15) is 0 Å². The topological polar surface area (TPSA) is 86.9 Å². The summed E-state index contributed by atoms with van der Waals surface area (Å²) in [6, 6.07) is 17.2. The van der Waals surface area contributed by atoms with Crippen molar-refractivity contribution in [1.29, 1.82) is 0 Å². The van der Waals surface area contributed by atoms with Gasteiger partial charge in [-0.15, -0.1) is 0 Å². The molecule has 0 saturated heterocycles. The number of aromatic hydroxyl groups is 1. The van der Waals surface area contributed by atoms with E-state index in [1.807, 2.05) is 12.4 Å². The van der Waals surface area contributed by atoms with Crippen LogP contribution in [0.1, 0.15) is 177 Å². The summed E-state index contributed by atoms with van der Waals surface area (Å²) < 4.78 is 12.0. The van der Waals surface area contributed by atoms with E-state index >= 15 is 0 Å². The van der Waals surface area contributed by atoms with Crippen LogP contribution in [0.25, 0.3) is 0 Å². The van der Waals surface area contributed by atoms with Gasteiger partial charge in [0.2, 0.25) is 0 Å². The molecule has 2 atom stereocenters. The van der Waals surface area contributed by atoms with Crippen LogP contribution in [0.2, 0.25) is 0 Å². The summed E-state index contributed by atoms with van der Waals surface area (Å²) in [6.45, 7) is 14.2. The number of aliphatic imine (C=N–C) groups is 2. The normalized spacial score (nSPS) is 14.6. The molecule has 0 spiro atoms. The fraction of sp³-hybridized carbons (Fsp3) is 0.600. The fourth-order valence-corrected chi connectivity index (χ4v) is 7.78. The van der Waals surface area contributed by atoms with Crippen molar-refractivity contribution in [2.24, 2.45) is 9.98 Å². The molecule has 7 nitrogen and oxygen atoms in total. The molecule has 0 aromatic heterocycles.